The van der Waals surface area contributed by atoms with E-state index in [9.17, 15) is 9.59 Å². The molecular formula is C20H14Br2O2. The summed E-state index contributed by atoms with van der Waals surface area (Å²) in [6.45, 7) is 0. The summed E-state index contributed by atoms with van der Waals surface area (Å²) in [6, 6.07) is 11.9. The van der Waals surface area contributed by atoms with Crippen LogP contribution in [-0.2, 0) is 22.4 Å². The molecule has 2 aromatic rings. The van der Waals surface area contributed by atoms with E-state index in [-0.39, 0.29) is 11.6 Å². The lowest BCUT2D eigenvalue weighted by Crippen LogP contribution is -2.05. The van der Waals surface area contributed by atoms with Crippen LogP contribution in [0.2, 0.25) is 0 Å². The van der Waals surface area contributed by atoms with Crippen LogP contribution in [0.25, 0.3) is 12.2 Å². The minimum absolute atomic E-state index is 0.181. The van der Waals surface area contributed by atoms with Crippen LogP contribution >= 0.6 is 31.9 Å². The SMILES string of the molecule is O=C1C=Cc2c(Br)cccc2C1.O=C1C=Cc2ccc(Br)cc2C1. The second-order valence-electron chi connectivity index (χ2n) is 5.61. The van der Waals surface area contributed by atoms with Crippen molar-refractivity contribution < 1.29 is 9.59 Å². The molecule has 0 aliphatic heterocycles. The van der Waals surface area contributed by atoms with E-state index < -0.39 is 0 Å². The molecule has 4 rings (SSSR count). The van der Waals surface area contributed by atoms with Gasteiger partial charge in [-0.25, -0.2) is 0 Å². The number of rotatable bonds is 0. The fraction of sp³-hybridized carbons (Fsp3) is 0.100. The Labute approximate surface area is 157 Å². The number of fused-ring (bicyclic) bond motifs is 2. The summed E-state index contributed by atoms with van der Waals surface area (Å²) >= 11 is 6.81. The Hall–Kier alpha value is -1.78. The number of halogens is 2. The van der Waals surface area contributed by atoms with Crippen molar-refractivity contribution >= 4 is 55.6 Å². The van der Waals surface area contributed by atoms with Crippen molar-refractivity contribution in [1.82, 2.24) is 0 Å². The summed E-state index contributed by atoms with van der Waals surface area (Å²) in [6.07, 6.45) is 8.07. The van der Waals surface area contributed by atoms with Gasteiger partial charge in [0.2, 0.25) is 0 Å². The van der Waals surface area contributed by atoms with E-state index in [1.165, 1.54) is 0 Å². The van der Waals surface area contributed by atoms with E-state index in [0.717, 1.165) is 31.2 Å². The van der Waals surface area contributed by atoms with E-state index in [0.29, 0.717) is 12.8 Å². The van der Waals surface area contributed by atoms with Crippen LogP contribution in [0.5, 0.6) is 0 Å². The number of hydrogen-bond donors (Lipinski definition) is 0. The smallest absolute Gasteiger partial charge is 0.160 e. The van der Waals surface area contributed by atoms with Gasteiger partial charge in [-0.3, -0.25) is 9.59 Å². The molecule has 4 heteroatoms. The molecule has 0 heterocycles. The summed E-state index contributed by atoms with van der Waals surface area (Å²) in [5, 5.41) is 0. The van der Waals surface area contributed by atoms with Gasteiger partial charge in [0.15, 0.2) is 11.6 Å². The topological polar surface area (TPSA) is 34.1 Å². The number of carbonyl (C=O) groups excluding carboxylic acids is 2. The first kappa shape index (κ1) is 17.1. The minimum Gasteiger partial charge on any atom is -0.294 e. The largest absolute Gasteiger partial charge is 0.294 e. The Bertz CT molecular complexity index is 879. The third kappa shape index (κ3) is 4.00. The molecule has 0 N–H and O–H groups in total. The molecule has 0 amide bonds. The molecular weight excluding hydrogens is 432 g/mol. The van der Waals surface area contributed by atoms with Crippen LogP contribution in [0.4, 0.5) is 0 Å². The van der Waals surface area contributed by atoms with Crippen LogP contribution in [-0.4, -0.2) is 11.6 Å². The van der Waals surface area contributed by atoms with Gasteiger partial charge in [0.1, 0.15) is 0 Å². The second-order valence-corrected chi connectivity index (χ2v) is 7.38. The molecule has 0 saturated carbocycles. The van der Waals surface area contributed by atoms with Crippen LogP contribution < -0.4 is 0 Å². The standard InChI is InChI=1S/2C10H7BrO/c11-9-3-1-7-2-4-10(12)6-8(7)5-9;11-10-3-1-2-7-6-8(12)4-5-9(7)10/h2*1-5H,6H2. The molecule has 0 fully saturated rings. The number of benzene rings is 2. The van der Waals surface area contributed by atoms with Gasteiger partial charge >= 0.3 is 0 Å². The normalized spacial score (nSPS) is 14.6. The van der Waals surface area contributed by atoms with Crippen LogP contribution in [0, 0.1) is 0 Å². The van der Waals surface area contributed by atoms with Crippen molar-refractivity contribution in [3.63, 3.8) is 0 Å². The molecule has 0 bridgehead atoms. The van der Waals surface area contributed by atoms with Gasteiger partial charge in [0.05, 0.1) is 0 Å². The highest BCUT2D eigenvalue weighted by molar-refractivity contribution is 9.10. The Kier molecular flexibility index (Phi) is 5.27. The predicted molar refractivity (Wildman–Crippen MR) is 104 cm³/mol. The van der Waals surface area contributed by atoms with Crippen molar-refractivity contribution in [3.8, 4) is 0 Å². The first-order chi connectivity index (χ1) is 11.5. The summed E-state index contributed by atoms with van der Waals surface area (Å²) in [5.41, 5.74) is 4.50. The van der Waals surface area contributed by atoms with Gasteiger partial charge in [0.25, 0.3) is 0 Å². The van der Waals surface area contributed by atoms with Crippen molar-refractivity contribution in [2.45, 2.75) is 12.8 Å². The van der Waals surface area contributed by atoms with Gasteiger partial charge in [-0.2, -0.15) is 0 Å². The van der Waals surface area contributed by atoms with Crippen LogP contribution in [0.3, 0.4) is 0 Å². The lowest BCUT2D eigenvalue weighted by molar-refractivity contribution is -0.114. The van der Waals surface area contributed by atoms with Crippen molar-refractivity contribution in [2.24, 2.45) is 0 Å². The Morgan fingerprint density at radius 2 is 1.46 bits per heavy atom. The number of ketones is 2. The Balaban J connectivity index is 0.000000141. The molecule has 0 aromatic heterocycles. The summed E-state index contributed by atoms with van der Waals surface area (Å²) in [4.78, 5) is 22.1. The molecule has 2 aliphatic rings. The van der Waals surface area contributed by atoms with Crippen LogP contribution in [0.15, 0.2) is 57.5 Å². The van der Waals surface area contributed by atoms with Gasteiger partial charge in [0, 0.05) is 21.8 Å². The average Bonchev–Trinajstić information content (AvgIpc) is 2.55. The minimum atomic E-state index is 0.181. The van der Waals surface area contributed by atoms with E-state index in [4.69, 9.17) is 0 Å². The van der Waals surface area contributed by atoms with Crippen molar-refractivity contribution in [1.29, 1.82) is 0 Å². The third-order valence-corrected chi connectivity index (χ3v) is 5.05. The quantitative estimate of drug-likeness (QED) is 0.560. The molecule has 120 valence electrons. The summed E-state index contributed by atoms with van der Waals surface area (Å²) < 4.78 is 2.09. The highest BCUT2D eigenvalue weighted by Gasteiger charge is 2.11. The van der Waals surface area contributed by atoms with Gasteiger partial charge in [-0.15, -0.1) is 0 Å². The fourth-order valence-corrected chi connectivity index (χ4v) is 3.61. The maximum atomic E-state index is 11.0. The van der Waals surface area contributed by atoms with Crippen molar-refractivity contribution in [3.05, 3.63) is 79.7 Å². The monoisotopic (exact) mass is 444 g/mol. The molecule has 2 nitrogen and oxygen atoms in total. The molecule has 0 atom stereocenters. The number of carbonyl (C=O) groups is 2. The highest BCUT2D eigenvalue weighted by atomic mass is 79.9. The number of hydrogen-bond acceptors (Lipinski definition) is 2. The second kappa shape index (κ2) is 7.41. The van der Waals surface area contributed by atoms with E-state index in [1.807, 2.05) is 48.6 Å². The third-order valence-electron chi connectivity index (χ3n) is 3.86. The van der Waals surface area contributed by atoms with E-state index in [1.54, 1.807) is 12.2 Å². The molecule has 2 aromatic carbocycles. The van der Waals surface area contributed by atoms with E-state index in [2.05, 4.69) is 31.9 Å². The summed E-state index contributed by atoms with van der Waals surface area (Å²) in [7, 11) is 0. The Morgan fingerprint density at radius 1 is 0.750 bits per heavy atom. The highest BCUT2D eigenvalue weighted by Crippen LogP contribution is 2.25. The van der Waals surface area contributed by atoms with Gasteiger partial charge in [-0.1, -0.05) is 62.2 Å². The van der Waals surface area contributed by atoms with Gasteiger partial charge < -0.3 is 0 Å². The van der Waals surface area contributed by atoms with Gasteiger partial charge in [-0.05, 0) is 52.6 Å². The molecule has 0 radical (unpaired) electrons. The maximum absolute atomic E-state index is 11.0. The molecule has 0 spiro atoms. The van der Waals surface area contributed by atoms with Crippen LogP contribution in [0.1, 0.15) is 22.3 Å². The maximum Gasteiger partial charge on any atom is 0.160 e. The predicted octanol–water partition coefficient (Wildman–Crippen LogP) is 5.18. The molecule has 24 heavy (non-hydrogen) atoms. The Morgan fingerprint density at radius 3 is 2.25 bits per heavy atom. The first-order valence-electron chi connectivity index (χ1n) is 7.50. The molecule has 2 aliphatic carbocycles. The van der Waals surface area contributed by atoms with Crippen molar-refractivity contribution in [2.75, 3.05) is 0 Å². The lowest BCUT2D eigenvalue weighted by atomic mass is 9.97. The zero-order valence-electron chi connectivity index (χ0n) is 12.8. The molecule has 0 unspecified atom stereocenters. The first-order valence-corrected chi connectivity index (χ1v) is 9.09. The fourth-order valence-electron chi connectivity index (χ4n) is 2.66. The lowest BCUT2D eigenvalue weighted by Gasteiger charge is -2.10. The number of allylic oxidation sites excluding steroid dienone is 2. The molecule has 0 saturated heterocycles. The zero-order valence-corrected chi connectivity index (χ0v) is 15.9. The summed E-state index contributed by atoms with van der Waals surface area (Å²) in [5.74, 6) is 0.362. The van der Waals surface area contributed by atoms with E-state index >= 15 is 0 Å². The zero-order chi connectivity index (χ0) is 17.1. The average molecular weight is 446 g/mol.